The quantitative estimate of drug-likeness (QED) is 0.841. The lowest BCUT2D eigenvalue weighted by atomic mass is 9.95. The highest BCUT2D eigenvalue weighted by Gasteiger charge is 2.27. The van der Waals surface area contributed by atoms with Crippen LogP contribution in [0.25, 0.3) is 0 Å². The lowest BCUT2D eigenvalue weighted by Crippen LogP contribution is -2.43. The Bertz CT molecular complexity index is 813. The second-order valence-corrected chi connectivity index (χ2v) is 6.51. The summed E-state index contributed by atoms with van der Waals surface area (Å²) in [4.78, 5) is 41.1. The number of likely N-dealkylation sites (tertiary alicyclic amines) is 1. The minimum absolute atomic E-state index is 0.0124. The number of benzene rings is 1. The molecule has 7 nitrogen and oxygen atoms in total. The van der Waals surface area contributed by atoms with Crippen LogP contribution in [-0.4, -0.2) is 45.9 Å². The zero-order chi connectivity index (χ0) is 19.2. The number of rotatable bonds is 5. The number of amides is 2. The van der Waals surface area contributed by atoms with Crippen molar-refractivity contribution in [3.05, 3.63) is 65.5 Å². The van der Waals surface area contributed by atoms with Crippen molar-refractivity contribution < 1.29 is 19.5 Å². The molecule has 1 aromatic carbocycles. The van der Waals surface area contributed by atoms with Crippen molar-refractivity contribution >= 4 is 17.8 Å². The molecule has 140 valence electrons. The van der Waals surface area contributed by atoms with Gasteiger partial charge in [-0.3, -0.25) is 9.59 Å². The highest BCUT2D eigenvalue weighted by molar-refractivity contribution is 5.95. The van der Waals surface area contributed by atoms with Crippen LogP contribution in [0.15, 0.2) is 48.7 Å². The van der Waals surface area contributed by atoms with Gasteiger partial charge in [0.05, 0.1) is 5.56 Å². The van der Waals surface area contributed by atoms with E-state index in [0.29, 0.717) is 38.0 Å². The Morgan fingerprint density at radius 1 is 1.07 bits per heavy atom. The lowest BCUT2D eigenvalue weighted by molar-refractivity contribution is -0.126. The van der Waals surface area contributed by atoms with Crippen LogP contribution in [0, 0.1) is 5.92 Å². The van der Waals surface area contributed by atoms with Crippen LogP contribution >= 0.6 is 0 Å². The van der Waals surface area contributed by atoms with Gasteiger partial charge in [0.25, 0.3) is 5.91 Å². The third kappa shape index (κ3) is 4.69. The Balaban J connectivity index is 1.49. The number of aromatic carboxylic acids is 1. The maximum Gasteiger partial charge on any atom is 0.354 e. The van der Waals surface area contributed by atoms with Crippen LogP contribution in [0.4, 0.5) is 0 Å². The first-order valence-corrected chi connectivity index (χ1v) is 8.85. The second kappa shape index (κ2) is 8.44. The van der Waals surface area contributed by atoms with E-state index in [1.54, 1.807) is 4.90 Å². The van der Waals surface area contributed by atoms with Gasteiger partial charge in [-0.1, -0.05) is 30.3 Å². The highest BCUT2D eigenvalue weighted by atomic mass is 16.4. The highest BCUT2D eigenvalue weighted by Crippen LogP contribution is 2.19. The number of carbonyl (C=O) groups excluding carboxylic acids is 2. The van der Waals surface area contributed by atoms with E-state index < -0.39 is 5.97 Å². The first-order chi connectivity index (χ1) is 13.0. The number of piperidine rings is 1. The van der Waals surface area contributed by atoms with Gasteiger partial charge in [0.1, 0.15) is 5.69 Å². The smallest absolute Gasteiger partial charge is 0.354 e. The summed E-state index contributed by atoms with van der Waals surface area (Å²) in [6.07, 6.45) is 2.49. The summed E-state index contributed by atoms with van der Waals surface area (Å²) in [5.41, 5.74) is 1.31. The Hall–Kier alpha value is -3.22. The number of nitrogens with one attached hydrogen (secondary N) is 1. The maximum absolute atomic E-state index is 12.5. The largest absolute Gasteiger partial charge is 0.477 e. The van der Waals surface area contributed by atoms with Crippen LogP contribution in [0.2, 0.25) is 0 Å². The van der Waals surface area contributed by atoms with Gasteiger partial charge in [-0.2, -0.15) is 0 Å². The third-order valence-corrected chi connectivity index (χ3v) is 4.69. The number of aromatic nitrogens is 1. The van der Waals surface area contributed by atoms with E-state index in [1.807, 2.05) is 30.3 Å². The van der Waals surface area contributed by atoms with Crippen LogP contribution in [0.5, 0.6) is 0 Å². The summed E-state index contributed by atoms with van der Waals surface area (Å²) in [6.45, 7) is 1.48. The van der Waals surface area contributed by atoms with E-state index >= 15 is 0 Å². The van der Waals surface area contributed by atoms with Gasteiger partial charge in [0.2, 0.25) is 5.91 Å². The van der Waals surface area contributed by atoms with Crippen molar-refractivity contribution in [2.24, 2.45) is 5.92 Å². The van der Waals surface area contributed by atoms with Crippen molar-refractivity contribution in [3.8, 4) is 0 Å². The summed E-state index contributed by atoms with van der Waals surface area (Å²) < 4.78 is 0. The van der Waals surface area contributed by atoms with Gasteiger partial charge in [0, 0.05) is 31.7 Å². The molecular weight excluding hydrogens is 346 g/mol. The van der Waals surface area contributed by atoms with Crippen LogP contribution < -0.4 is 5.32 Å². The summed E-state index contributed by atoms with van der Waals surface area (Å²) >= 11 is 0. The molecule has 2 amide bonds. The standard InChI is InChI=1S/C20H21N3O4/c24-18(22-12-14-4-2-1-3-5-14)15-8-10-23(11-9-15)19(25)16-6-7-17(20(26)27)21-13-16/h1-7,13,15H,8-12H2,(H,22,24)(H,26,27). The Labute approximate surface area is 157 Å². The zero-order valence-corrected chi connectivity index (χ0v) is 14.8. The molecule has 1 aromatic heterocycles. The average molecular weight is 367 g/mol. The normalized spacial score (nSPS) is 14.6. The molecule has 1 aliphatic rings. The van der Waals surface area contributed by atoms with E-state index in [0.717, 1.165) is 5.56 Å². The molecule has 0 radical (unpaired) electrons. The fourth-order valence-corrected chi connectivity index (χ4v) is 3.10. The average Bonchev–Trinajstić information content (AvgIpc) is 2.72. The SMILES string of the molecule is O=C(O)c1ccc(C(=O)N2CCC(C(=O)NCc3ccccc3)CC2)cn1. The van der Waals surface area contributed by atoms with Gasteiger partial charge >= 0.3 is 5.97 Å². The van der Waals surface area contributed by atoms with E-state index in [4.69, 9.17) is 5.11 Å². The molecule has 0 spiro atoms. The maximum atomic E-state index is 12.5. The van der Waals surface area contributed by atoms with Gasteiger partial charge in [-0.25, -0.2) is 9.78 Å². The molecule has 1 aliphatic heterocycles. The van der Waals surface area contributed by atoms with Crippen molar-refractivity contribution in [2.45, 2.75) is 19.4 Å². The summed E-state index contributed by atoms with van der Waals surface area (Å²) in [5, 5.41) is 11.8. The van der Waals surface area contributed by atoms with E-state index in [9.17, 15) is 14.4 Å². The number of carbonyl (C=O) groups is 3. The molecule has 0 saturated carbocycles. The first kappa shape index (κ1) is 18.6. The Kier molecular flexibility index (Phi) is 5.80. The predicted molar refractivity (Wildman–Crippen MR) is 98.1 cm³/mol. The molecule has 7 heteroatoms. The number of hydrogen-bond acceptors (Lipinski definition) is 4. The fourth-order valence-electron chi connectivity index (χ4n) is 3.10. The molecule has 27 heavy (non-hydrogen) atoms. The molecule has 2 aromatic rings. The Morgan fingerprint density at radius 3 is 2.37 bits per heavy atom. The molecule has 1 saturated heterocycles. The van der Waals surface area contributed by atoms with E-state index in [1.165, 1.54) is 18.3 Å². The summed E-state index contributed by atoms with van der Waals surface area (Å²) in [7, 11) is 0. The molecule has 0 aliphatic carbocycles. The number of carboxylic acid groups (broad SMARTS) is 1. The molecule has 0 bridgehead atoms. The lowest BCUT2D eigenvalue weighted by Gasteiger charge is -2.31. The fraction of sp³-hybridized carbons (Fsp3) is 0.300. The molecule has 1 fully saturated rings. The summed E-state index contributed by atoms with van der Waals surface area (Å²) in [5.74, 6) is -1.41. The van der Waals surface area contributed by atoms with E-state index in [2.05, 4.69) is 10.3 Å². The molecule has 2 N–H and O–H groups in total. The van der Waals surface area contributed by atoms with Crippen LogP contribution in [0.1, 0.15) is 39.3 Å². The van der Waals surface area contributed by atoms with Gasteiger partial charge < -0.3 is 15.3 Å². The van der Waals surface area contributed by atoms with Crippen molar-refractivity contribution in [2.75, 3.05) is 13.1 Å². The topological polar surface area (TPSA) is 99.6 Å². The van der Waals surface area contributed by atoms with Crippen molar-refractivity contribution in [1.29, 1.82) is 0 Å². The molecule has 3 rings (SSSR count). The predicted octanol–water partition coefficient (Wildman–Crippen LogP) is 1.95. The molecule has 0 unspecified atom stereocenters. The van der Waals surface area contributed by atoms with Crippen LogP contribution in [0.3, 0.4) is 0 Å². The Morgan fingerprint density at radius 2 is 1.78 bits per heavy atom. The van der Waals surface area contributed by atoms with Crippen LogP contribution in [-0.2, 0) is 11.3 Å². The number of carboxylic acids is 1. The van der Waals surface area contributed by atoms with Gasteiger partial charge in [0.15, 0.2) is 0 Å². The third-order valence-electron chi connectivity index (χ3n) is 4.69. The molecular formula is C20H21N3O4. The van der Waals surface area contributed by atoms with Gasteiger partial charge in [-0.05, 0) is 30.5 Å². The zero-order valence-electron chi connectivity index (χ0n) is 14.8. The molecule has 2 heterocycles. The monoisotopic (exact) mass is 367 g/mol. The second-order valence-electron chi connectivity index (χ2n) is 6.51. The molecule has 0 atom stereocenters. The van der Waals surface area contributed by atoms with Crippen molar-refractivity contribution in [3.63, 3.8) is 0 Å². The number of pyridine rings is 1. The summed E-state index contributed by atoms with van der Waals surface area (Å²) in [6, 6.07) is 12.5. The van der Waals surface area contributed by atoms with Crippen molar-refractivity contribution in [1.82, 2.24) is 15.2 Å². The number of hydrogen-bond donors (Lipinski definition) is 2. The van der Waals surface area contributed by atoms with E-state index in [-0.39, 0.29) is 23.4 Å². The minimum Gasteiger partial charge on any atom is -0.477 e. The first-order valence-electron chi connectivity index (χ1n) is 8.85. The minimum atomic E-state index is -1.13. The van der Waals surface area contributed by atoms with Gasteiger partial charge in [-0.15, -0.1) is 0 Å². The number of nitrogens with zero attached hydrogens (tertiary/aromatic N) is 2.